The molecule has 3 rings (SSSR count). The standard InChI is InChI=1S/C13H7Cl3N4O/c14-7-1-6(2-9(17)3-7)13-19-12(20-21-13)11-10(16)4-8(15)5-18-11/h1-5H,17H2. The van der Waals surface area contributed by atoms with Crippen LogP contribution >= 0.6 is 34.8 Å². The van der Waals surface area contributed by atoms with Gasteiger partial charge in [-0.05, 0) is 24.3 Å². The third-order valence-electron chi connectivity index (χ3n) is 2.61. The lowest BCUT2D eigenvalue weighted by molar-refractivity contribution is 0.432. The van der Waals surface area contributed by atoms with Gasteiger partial charge in [-0.15, -0.1) is 0 Å². The number of halogens is 3. The highest BCUT2D eigenvalue weighted by molar-refractivity contribution is 6.35. The van der Waals surface area contributed by atoms with Crippen molar-refractivity contribution in [3.63, 3.8) is 0 Å². The summed E-state index contributed by atoms with van der Waals surface area (Å²) in [5.74, 6) is 0.525. The normalized spacial score (nSPS) is 10.8. The first-order chi connectivity index (χ1) is 10.0. The van der Waals surface area contributed by atoms with Crippen molar-refractivity contribution in [2.45, 2.75) is 0 Å². The molecule has 0 atom stereocenters. The highest BCUT2D eigenvalue weighted by Gasteiger charge is 2.15. The summed E-state index contributed by atoms with van der Waals surface area (Å²) >= 11 is 17.8. The smallest absolute Gasteiger partial charge is 0.258 e. The molecule has 3 aromatic rings. The van der Waals surface area contributed by atoms with E-state index >= 15 is 0 Å². The molecule has 0 spiro atoms. The van der Waals surface area contributed by atoms with Gasteiger partial charge in [0.2, 0.25) is 5.82 Å². The third-order valence-corrected chi connectivity index (χ3v) is 3.33. The molecule has 0 saturated heterocycles. The van der Waals surface area contributed by atoms with Gasteiger partial charge in [0, 0.05) is 22.5 Å². The van der Waals surface area contributed by atoms with Gasteiger partial charge in [-0.2, -0.15) is 4.98 Å². The summed E-state index contributed by atoms with van der Waals surface area (Å²) < 4.78 is 5.19. The van der Waals surface area contributed by atoms with E-state index in [9.17, 15) is 0 Å². The summed E-state index contributed by atoms with van der Waals surface area (Å²) in [4.78, 5) is 8.33. The highest BCUT2D eigenvalue weighted by Crippen LogP contribution is 2.29. The molecule has 1 aromatic carbocycles. The van der Waals surface area contributed by atoms with Gasteiger partial charge in [-0.1, -0.05) is 40.0 Å². The molecule has 0 saturated carbocycles. The van der Waals surface area contributed by atoms with Gasteiger partial charge in [0.25, 0.3) is 5.89 Å². The Kier molecular flexibility index (Phi) is 3.71. The monoisotopic (exact) mass is 340 g/mol. The summed E-state index contributed by atoms with van der Waals surface area (Å²) in [6, 6.07) is 6.53. The van der Waals surface area contributed by atoms with Gasteiger partial charge in [0.15, 0.2) is 0 Å². The maximum atomic E-state index is 6.06. The van der Waals surface area contributed by atoms with Crippen LogP contribution in [0.5, 0.6) is 0 Å². The summed E-state index contributed by atoms with van der Waals surface area (Å²) in [6.45, 7) is 0. The molecule has 2 aromatic heterocycles. The first-order valence-corrected chi connectivity index (χ1v) is 6.88. The van der Waals surface area contributed by atoms with E-state index in [0.29, 0.717) is 32.0 Å². The van der Waals surface area contributed by atoms with Gasteiger partial charge < -0.3 is 10.3 Å². The van der Waals surface area contributed by atoms with Gasteiger partial charge in [0.05, 0.1) is 10.0 Å². The van der Waals surface area contributed by atoms with Crippen LogP contribution in [0.3, 0.4) is 0 Å². The van der Waals surface area contributed by atoms with Crippen LogP contribution in [-0.2, 0) is 0 Å². The third kappa shape index (κ3) is 2.95. The molecule has 0 bridgehead atoms. The van der Waals surface area contributed by atoms with E-state index in [1.807, 2.05) is 0 Å². The summed E-state index contributed by atoms with van der Waals surface area (Å²) in [5.41, 5.74) is 7.23. The topological polar surface area (TPSA) is 77.8 Å². The second-order valence-electron chi connectivity index (χ2n) is 4.18. The molecular formula is C13H7Cl3N4O. The van der Waals surface area contributed by atoms with Crippen LogP contribution < -0.4 is 5.73 Å². The number of rotatable bonds is 2. The Labute approximate surface area is 134 Å². The lowest BCUT2D eigenvalue weighted by Gasteiger charge is -1.99. The van der Waals surface area contributed by atoms with Crippen molar-refractivity contribution in [3.8, 4) is 23.0 Å². The number of aromatic nitrogens is 3. The van der Waals surface area contributed by atoms with E-state index in [4.69, 9.17) is 45.1 Å². The van der Waals surface area contributed by atoms with Crippen LogP contribution in [0.25, 0.3) is 23.0 Å². The molecule has 5 nitrogen and oxygen atoms in total. The number of nitrogens with two attached hydrogens (primary N) is 1. The number of pyridine rings is 1. The molecule has 106 valence electrons. The number of nitrogens with zero attached hydrogens (tertiary/aromatic N) is 3. The van der Waals surface area contributed by atoms with Gasteiger partial charge in [-0.3, -0.25) is 0 Å². The van der Waals surface area contributed by atoms with Gasteiger partial charge >= 0.3 is 0 Å². The number of hydrogen-bond acceptors (Lipinski definition) is 5. The average Bonchev–Trinajstić information content (AvgIpc) is 2.87. The fourth-order valence-corrected chi connectivity index (χ4v) is 2.46. The van der Waals surface area contributed by atoms with Gasteiger partial charge in [-0.25, -0.2) is 4.98 Å². The fraction of sp³-hybridized carbons (Fsp3) is 0. The lowest BCUT2D eigenvalue weighted by Crippen LogP contribution is -1.88. The molecule has 2 heterocycles. The maximum absolute atomic E-state index is 6.06. The minimum absolute atomic E-state index is 0.255. The Morgan fingerprint density at radius 3 is 2.52 bits per heavy atom. The first kappa shape index (κ1) is 14.1. The summed E-state index contributed by atoms with van der Waals surface area (Å²) in [6.07, 6.45) is 1.45. The van der Waals surface area contributed by atoms with Crippen molar-refractivity contribution in [1.29, 1.82) is 0 Å². The lowest BCUT2D eigenvalue weighted by atomic mass is 10.2. The van der Waals surface area contributed by atoms with Crippen LogP contribution in [0.1, 0.15) is 0 Å². The predicted molar refractivity (Wildman–Crippen MR) is 82.4 cm³/mol. The van der Waals surface area contributed by atoms with Crippen LogP contribution in [0.4, 0.5) is 5.69 Å². The van der Waals surface area contributed by atoms with Crippen LogP contribution in [-0.4, -0.2) is 15.1 Å². The molecule has 0 aliphatic heterocycles. The second kappa shape index (κ2) is 5.52. The van der Waals surface area contributed by atoms with E-state index in [2.05, 4.69) is 15.1 Å². The zero-order valence-electron chi connectivity index (χ0n) is 10.3. The number of anilines is 1. The zero-order valence-corrected chi connectivity index (χ0v) is 12.6. The molecule has 0 aliphatic rings. The van der Waals surface area contributed by atoms with E-state index in [-0.39, 0.29) is 11.7 Å². The Bertz CT molecular complexity index is 799. The highest BCUT2D eigenvalue weighted by atomic mass is 35.5. The Hall–Kier alpha value is -1.82. The van der Waals surface area contributed by atoms with E-state index in [1.165, 1.54) is 6.20 Å². The van der Waals surface area contributed by atoms with Crippen molar-refractivity contribution >= 4 is 40.5 Å². The van der Waals surface area contributed by atoms with Gasteiger partial charge in [0.1, 0.15) is 5.69 Å². The predicted octanol–water partition coefficient (Wildman–Crippen LogP) is 4.34. The molecular weight excluding hydrogens is 335 g/mol. The number of nitrogen functional groups attached to an aromatic ring is 1. The molecule has 0 radical (unpaired) electrons. The number of hydrogen-bond donors (Lipinski definition) is 1. The molecule has 21 heavy (non-hydrogen) atoms. The van der Waals surface area contributed by atoms with Crippen LogP contribution in [0.2, 0.25) is 15.1 Å². The minimum Gasteiger partial charge on any atom is -0.399 e. The van der Waals surface area contributed by atoms with Crippen LogP contribution in [0, 0.1) is 0 Å². The molecule has 0 amide bonds. The Morgan fingerprint density at radius 1 is 1.00 bits per heavy atom. The van der Waals surface area contributed by atoms with E-state index in [1.54, 1.807) is 24.3 Å². The first-order valence-electron chi connectivity index (χ1n) is 5.74. The minimum atomic E-state index is 0.255. The summed E-state index contributed by atoms with van der Waals surface area (Å²) in [7, 11) is 0. The maximum Gasteiger partial charge on any atom is 0.258 e. The van der Waals surface area contributed by atoms with Crippen molar-refractivity contribution in [3.05, 3.63) is 45.5 Å². The SMILES string of the molecule is Nc1cc(Cl)cc(-c2nc(-c3ncc(Cl)cc3Cl)no2)c1. The van der Waals surface area contributed by atoms with Crippen LogP contribution in [0.15, 0.2) is 35.0 Å². The Morgan fingerprint density at radius 2 is 1.81 bits per heavy atom. The second-order valence-corrected chi connectivity index (χ2v) is 5.46. The Balaban J connectivity index is 2.03. The quantitative estimate of drug-likeness (QED) is 0.701. The van der Waals surface area contributed by atoms with E-state index < -0.39 is 0 Å². The number of benzene rings is 1. The fourth-order valence-electron chi connectivity index (χ4n) is 1.75. The zero-order chi connectivity index (χ0) is 15.0. The average molecular weight is 342 g/mol. The molecule has 2 N–H and O–H groups in total. The van der Waals surface area contributed by atoms with E-state index in [0.717, 1.165) is 0 Å². The summed E-state index contributed by atoms with van der Waals surface area (Å²) in [5, 5.41) is 5.09. The van der Waals surface area contributed by atoms with Crippen molar-refractivity contribution in [2.24, 2.45) is 0 Å². The molecule has 0 aliphatic carbocycles. The molecule has 0 fully saturated rings. The largest absolute Gasteiger partial charge is 0.399 e. The van der Waals surface area contributed by atoms with Crippen molar-refractivity contribution < 1.29 is 4.52 Å². The van der Waals surface area contributed by atoms with Crippen molar-refractivity contribution in [2.75, 3.05) is 5.73 Å². The molecule has 0 unspecified atom stereocenters. The molecule has 8 heteroatoms. The van der Waals surface area contributed by atoms with Crippen molar-refractivity contribution in [1.82, 2.24) is 15.1 Å².